The van der Waals surface area contributed by atoms with E-state index in [0.29, 0.717) is 11.6 Å². The lowest BCUT2D eigenvalue weighted by Gasteiger charge is -2.38. The monoisotopic (exact) mass is 498 g/mol. The third-order valence-electron chi connectivity index (χ3n) is 8.12. The van der Waals surface area contributed by atoms with Crippen LogP contribution in [0.4, 0.5) is 0 Å². The molecule has 1 aliphatic heterocycles. The van der Waals surface area contributed by atoms with Crippen molar-refractivity contribution in [2.45, 2.75) is 58.2 Å². The Balaban J connectivity index is 1.36. The number of aromatic nitrogens is 6. The van der Waals surface area contributed by atoms with Crippen LogP contribution in [0.5, 0.6) is 0 Å². The van der Waals surface area contributed by atoms with Crippen molar-refractivity contribution in [3.05, 3.63) is 81.2 Å². The Morgan fingerprint density at radius 1 is 1.05 bits per heavy atom. The molecule has 1 saturated carbocycles. The van der Waals surface area contributed by atoms with Gasteiger partial charge in [-0.05, 0) is 83.5 Å². The minimum absolute atomic E-state index is 0.0699. The van der Waals surface area contributed by atoms with Crippen molar-refractivity contribution >= 4 is 10.9 Å². The number of piperazine rings is 1. The van der Waals surface area contributed by atoms with Crippen molar-refractivity contribution in [2.24, 2.45) is 0 Å². The number of hydrogen-bond donors (Lipinski definition) is 1. The SMILES string of the molecule is Cc1cc2cc([C@H](c3nnnn3C3CCCC3)N3CCN(Cc4cccnc4)CC3)c(=O)[nH]c2cc1C. The van der Waals surface area contributed by atoms with Crippen LogP contribution in [-0.2, 0) is 6.54 Å². The molecule has 9 nitrogen and oxygen atoms in total. The summed E-state index contributed by atoms with van der Waals surface area (Å²) in [6.45, 7) is 8.52. The van der Waals surface area contributed by atoms with Crippen molar-refractivity contribution in [2.75, 3.05) is 26.2 Å². The topological polar surface area (TPSA) is 95.8 Å². The number of H-pyrrole nitrogens is 1. The lowest BCUT2D eigenvalue weighted by molar-refractivity contribution is 0.0988. The molecule has 4 aromatic rings. The van der Waals surface area contributed by atoms with Gasteiger partial charge in [-0.15, -0.1) is 5.10 Å². The maximum atomic E-state index is 13.6. The molecule has 6 rings (SSSR count). The second kappa shape index (κ2) is 10.1. The number of aryl methyl sites for hydroxylation is 2. The van der Waals surface area contributed by atoms with Crippen molar-refractivity contribution in [3.8, 4) is 0 Å². The fourth-order valence-corrected chi connectivity index (χ4v) is 5.91. The van der Waals surface area contributed by atoms with Gasteiger partial charge >= 0.3 is 0 Å². The number of nitrogens with one attached hydrogen (secondary N) is 1. The van der Waals surface area contributed by atoms with Crippen LogP contribution in [0.25, 0.3) is 10.9 Å². The highest BCUT2D eigenvalue weighted by molar-refractivity contribution is 5.81. The summed E-state index contributed by atoms with van der Waals surface area (Å²) >= 11 is 0. The zero-order valence-corrected chi connectivity index (χ0v) is 21.6. The molecule has 9 heteroatoms. The van der Waals surface area contributed by atoms with Crippen LogP contribution in [0.2, 0.25) is 0 Å². The number of benzene rings is 1. The largest absolute Gasteiger partial charge is 0.322 e. The van der Waals surface area contributed by atoms with E-state index in [-0.39, 0.29) is 11.6 Å². The molecule has 2 fully saturated rings. The van der Waals surface area contributed by atoms with Gasteiger partial charge in [-0.3, -0.25) is 19.6 Å². The van der Waals surface area contributed by atoms with Gasteiger partial charge in [0.1, 0.15) is 6.04 Å². The lowest BCUT2D eigenvalue weighted by Crippen LogP contribution is -2.48. The Hall–Kier alpha value is -3.43. The molecule has 0 amide bonds. The van der Waals surface area contributed by atoms with Gasteiger partial charge < -0.3 is 4.98 Å². The van der Waals surface area contributed by atoms with E-state index in [1.807, 2.05) is 23.1 Å². The summed E-state index contributed by atoms with van der Waals surface area (Å²) in [4.78, 5) is 25.8. The van der Waals surface area contributed by atoms with Crippen LogP contribution in [0.1, 0.15) is 65.8 Å². The second-order valence-electron chi connectivity index (χ2n) is 10.6. The van der Waals surface area contributed by atoms with Crippen molar-refractivity contribution in [3.63, 3.8) is 0 Å². The summed E-state index contributed by atoms with van der Waals surface area (Å²) in [5.74, 6) is 0.779. The number of fused-ring (bicyclic) bond motifs is 1. The Kier molecular flexibility index (Phi) is 6.56. The first-order valence-electron chi connectivity index (χ1n) is 13.3. The molecule has 2 aliphatic rings. The average Bonchev–Trinajstić information content (AvgIpc) is 3.60. The Morgan fingerprint density at radius 3 is 2.59 bits per heavy atom. The minimum Gasteiger partial charge on any atom is -0.322 e. The molecule has 0 radical (unpaired) electrons. The summed E-state index contributed by atoms with van der Waals surface area (Å²) in [5.41, 5.74) is 5.11. The third kappa shape index (κ3) is 4.81. The average molecular weight is 499 g/mol. The van der Waals surface area contributed by atoms with Gasteiger partial charge in [0.25, 0.3) is 5.56 Å². The number of pyridine rings is 2. The van der Waals surface area contributed by atoms with E-state index in [1.54, 1.807) is 0 Å². The number of aromatic amines is 1. The van der Waals surface area contributed by atoms with Gasteiger partial charge in [0, 0.05) is 56.2 Å². The number of rotatable bonds is 6. The van der Waals surface area contributed by atoms with Gasteiger partial charge in [-0.1, -0.05) is 18.9 Å². The third-order valence-corrected chi connectivity index (χ3v) is 8.12. The number of hydrogen-bond acceptors (Lipinski definition) is 7. The predicted octanol–water partition coefficient (Wildman–Crippen LogP) is 3.55. The summed E-state index contributed by atoms with van der Waals surface area (Å²) in [6.07, 6.45) is 8.29. The Labute approximate surface area is 216 Å². The summed E-state index contributed by atoms with van der Waals surface area (Å²) in [7, 11) is 0. The molecule has 1 aliphatic carbocycles. The summed E-state index contributed by atoms with van der Waals surface area (Å²) in [5, 5.41) is 14.1. The minimum atomic E-state index is -0.300. The normalized spacial score (nSPS) is 18.5. The van der Waals surface area contributed by atoms with E-state index >= 15 is 0 Å². The van der Waals surface area contributed by atoms with E-state index in [4.69, 9.17) is 0 Å². The molecule has 1 N–H and O–H groups in total. The zero-order valence-electron chi connectivity index (χ0n) is 21.6. The van der Waals surface area contributed by atoms with Crippen LogP contribution < -0.4 is 5.56 Å². The van der Waals surface area contributed by atoms with E-state index in [0.717, 1.165) is 62.3 Å². The molecular formula is C28H34N8O. The van der Waals surface area contributed by atoms with E-state index in [2.05, 4.69) is 73.4 Å². The smallest absolute Gasteiger partial charge is 0.253 e. The van der Waals surface area contributed by atoms with Crippen LogP contribution in [0.3, 0.4) is 0 Å². The van der Waals surface area contributed by atoms with Gasteiger partial charge in [-0.2, -0.15) is 0 Å². The highest BCUT2D eigenvalue weighted by Crippen LogP contribution is 2.34. The molecular weight excluding hydrogens is 464 g/mol. The lowest BCUT2D eigenvalue weighted by atomic mass is 10.00. The van der Waals surface area contributed by atoms with Gasteiger partial charge in [0.15, 0.2) is 5.82 Å². The Morgan fingerprint density at radius 2 is 1.84 bits per heavy atom. The molecule has 0 unspecified atom stereocenters. The van der Waals surface area contributed by atoms with Crippen molar-refractivity contribution in [1.82, 2.24) is 40.0 Å². The number of tetrazole rings is 1. The van der Waals surface area contributed by atoms with Crippen LogP contribution in [-0.4, -0.2) is 66.2 Å². The summed E-state index contributed by atoms with van der Waals surface area (Å²) < 4.78 is 2.00. The van der Waals surface area contributed by atoms with Crippen LogP contribution in [0.15, 0.2) is 47.5 Å². The highest BCUT2D eigenvalue weighted by Gasteiger charge is 2.34. The van der Waals surface area contributed by atoms with E-state index in [9.17, 15) is 4.79 Å². The highest BCUT2D eigenvalue weighted by atomic mass is 16.1. The molecule has 1 aromatic carbocycles. The van der Waals surface area contributed by atoms with E-state index < -0.39 is 0 Å². The summed E-state index contributed by atoms with van der Waals surface area (Å²) in [6, 6.07) is 10.4. The molecule has 192 valence electrons. The first-order chi connectivity index (χ1) is 18.1. The van der Waals surface area contributed by atoms with Crippen LogP contribution >= 0.6 is 0 Å². The molecule has 37 heavy (non-hydrogen) atoms. The maximum absolute atomic E-state index is 13.6. The van der Waals surface area contributed by atoms with Crippen molar-refractivity contribution in [1.29, 1.82) is 0 Å². The first-order valence-corrected chi connectivity index (χ1v) is 13.3. The maximum Gasteiger partial charge on any atom is 0.253 e. The Bertz CT molecular complexity index is 1430. The molecule has 0 spiro atoms. The zero-order chi connectivity index (χ0) is 25.4. The van der Waals surface area contributed by atoms with Gasteiger partial charge in [0.05, 0.1) is 6.04 Å². The van der Waals surface area contributed by atoms with Crippen LogP contribution in [0, 0.1) is 13.8 Å². The molecule has 0 bridgehead atoms. The molecule has 1 saturated heterocycles. The first kappa shape index (κ1) is 23.9. The van der Waals surface area contributed by atoms with Gasteiger partial charge in [-0.25, -0.2) is 4.68 Å². The van der Waals surface area contributed by atoms with E-state index in [1.165, 1.54) is 29.5 Å². The number of nitrogens with zero attached hydrogens (tertiary/aromatic N) is 7. The fraction of sp³-hybridized carbons (Fsp3) is 0.464. The van der Waals surface area contributed by atoms with Gasteiger partial charge in [0.2, 0.25) is 0 Å². The molecule has 1 atom stereocenters. The molecule has 4 heterocycles. The quantitative estimate of drug-likeness (QED) is 0.434. The molecule has 3 aromatic heterocycles. The second-order valence-corrected chi connectivity index (χ2v) is 10.6. The van der Waals surface area contributed by atoms with Crippen molar-refractivity contribution < 1.29 is 0 Å². The fourth-order valence-electron chi connectivity index (χ4n) is 5.91. The predicted molar refractivity (Wildman–Crippen MR) is 142 cm³/mol. The standard InChI is InChI=1S/C28H34N8O/c1-19-14-22-16-24(28(37)30-25(22)15-20(19)2)26(27-31-32-33-36(27)23-7-3-4-8-23)35-12-10-34(11-13-35)18-21-6-5-9-29-17-21/h5-6,9,14-17,23,26H,3-4,7-8,10-13,18H2,1-2H3,(H,30,37)/t26-/m1/s1.